The third-order valence-corrected chi connectivity index (χ3v) is 9.05. The van der Waals surface area contributed by atoms with E-state index >= 15 is 0 Å². The van der Waals surface area contributed by atoms with Crippen LogP contribution in [0.15, 0.2) is 60.9 Å². The van der Waals surface area contributed by atoms with Crippen molar-refractivity contribution >= 4 is 33.6 Å². The minimum absolute atomic E-state index is 0.146. The Kier molecular flexibility index (Phi) is 15.0. The van der Waals surface area contributed by atoms with E-state index in [-0.39, 0.29) is 18.4 Å². The van der Waals surface area contributed by atoms with Crippen LogP contribution in [0.4, 0.5) is 32.0 Å². The first kappa shape index (κ1) is 43.3. The van der Waals surface area contributed by atoms with Crippen molar-refractivity contribution < 1.29 is 73.6 Å². The minimum Gasteiger partial charge on any atom is -0.497 e. The number of fused-ring (bicyclic) bond motifs is 1. The molecular weight excluding hydrogens is 758 g/mol. The highest BCUT2D eigenvalue weighted by molar-refractivity contribution is 7.88. The molecule has 3 N–H and O–H groups in total. The highest BCUT2D eigenvalue weighted by atomic mass is 32.2. The van der Waals surface area contributed by atoms with Crippen LogP contribution < -0.4 is 19.5 Å². The van der Waals surface area contributed by atoms with Crippen LogP contribution in [0.25, 0.3) is 11.1 Å². The lowest BCUT2D eigenvalue weighted by atomic mass is 9.95. The molecule has 54 heavy (non-hydrogen) atoms. The van der Waals surface area contributed by atoms with Crippen molar-refractivity contribution in [1.82, 2.24) is 14.2 Å². The molecule has 3 aromatic rings. The number of amides is 1. The highest BCUT2D eigenvalue weighted by Gasteiger charge is 2.39. The molecule has 0 saturated carbocycles. The first-order valence-corrected chi connectivity index (χ1v) is 17.6. The van der Waals surface area contributed by atoms with Crippen LogP contribution in [0.5, 0.6) is 17.2 Å². The first-order valence-electron chi connectivity index (χ1n) is 15.7. The zero-order valence-corrected chi connectivity index (χ0v) is 29.5. The molecule has 1 unspecified atom stereocenters. The van der Waals surface area contributed by atoms with Gasteiger partial charge in [0.05, 0.1) is 25.0 Å². The molecule has 5 rings (SSSR count). The fourth-order valence-corrected chi connectivity index (χ4v) is 5.77. The maximum absolute atomic E-state index is 13.3. The number of piperazine rings is 1. The van der Waals surface area contributed by atoms with Crippen molar-refractivity contribution in [2.75, 3.05) is 64.6 Å². The van der Waals surface area contributed by atoms with Gasteiger partial charge in [0.25, 0.3) is 0 Å². The van der Waals surface area contributed by atoms with E-state index in [0.717, 1.165) is 28.2 Å². The van der Waals surface area contributed by atoms with E-state index in [1.807, 2.05) is 48.5 Å². The molecule has 1 saturated heterocycles. The van der Waals surface area contributed by atoms with Crippen LogP contribution in [0.2, 0.25) is 0 Å². The molecule has 296 valence electrons. The molecule has 2 aliphatic rings. The van der Waals surface area contributed by atoms with E-state index in [1.165, 1.54) is 10.6 Å². The average molecular weight is 795 g/mol. The monoisotopic (exact) mass is 794 g/mol. The van der Waals surface area contributed by atoms with Gasteiger partial charge in [-0.2, -0.15) is 30.6 Å². The second-order valence-corrected chi connectivity index (χ2v) is 13.6. The number of carbonyl (C=O) groups excluding carboxylic acids is 1. The van der Waals surface area contributed by atoms with Crippen LogP contribution in [-0.2, 0) is 30.8 Å². The zero-order chi connectivity index (χ0) is 40.3. The van der Waals surface area contributed by atoms with Crippen molar-refractivity contribution in [3.63, 3.8) is 0 Å². The van der Waals surface area contributed by atoms with Gasteiger partial charge in [-0.05, 0) is 65.6 Å². The molecule has 1 aromatic heterocycles. The summed E-state index contributed by atoms with van der Waals surface area (Å²) in [5.41, 5.74) is 3.45. The van der Waals surface area contributed by atoms with Crippen LogP contribution in [0.3, 0.4) is 0 Å². The SMILES string of the molecule is COc1ccc2c(c1)CC(C(=O)Nc1ccc(-c3ccncc3)cc1OCCN1CCN(S(C)(=O)=O)CC1)CO2.O=C(O)C(F)(F)F.O=C(O)C(F)(F)F. The summed E-state index contributed by atoms with van der Waals surface area (Å²) in [5, 5.41) is 17.3. The van der Waals surface area contributed by atoms with E-state index in [2.05, 4.69) is 15.2 Å². The van der Waals surface area contributed by atoms with Gasteiger partial charge in [-0.1, -0.05) is 6.07 Å². The van der Waals surface area contributed by atoms with Crippen LogP contribution in [0.1, 0.15) is 5.56 Å². The third-order valence-electron chi connectivity index (χ3n) is 7.75. The standard InChI is InChI=1S/C29H34N4O6S.2C2HF3O2/c1-37-25-4-6-27-23(18-25)17-24(20-39-27)29(34)31-26-5-3-22(21-7-9-30-10-8-21)19-28(26)38-16-15-32-11-13-33(14-12-32)40(2,35)36;2*3-2(4,5)1(6)7/h3-10,18-19,24H,11-17,20H2,1-2H3,(H,31,34);2*(H,6,7). The lowest BCUT2D eigenvalue weighted by molar-refractivity contribution is -0.193. The number of anilines is 1. The number of halogens is 6. The largest absolute Gasteiger partial charge is 0.497 e. The Labute approximate surface area is 305 Å². The Bertz CT molecular complexity index is 1830. The molecule has 14 nitrogen and oxygen atoms in total. The number of aromatic nitrogens is 1. The third kappa shape index (κ3) is 13.4. The summed E-state index contributed by atoms with van der Waals surface area (Å²) in [6.07, 6.45) is -4.91. The number of aliphatic carboxylic acids is 2. The predicted octanol–water partition coefficient (Wildman–Crippen LogP) is 4.17. The second-order valence-electron chi connectivity index (χ2n) is 11.6. The van der Waals surface area contributed by atoms with Gasteiger partial charge in [-0.3, -0.25) is 14.7 Å². The maximum Gasteiger partial charge on any atom is 0.490 e. The summed E-state index contributed by atoms with van der Waals surface area (Å²) < 4.78 is 106. The van der Waals surface area contributed by atoms with Gasteiger partial charge in [-0.15, -0.1) is 0 Å². The summed E-state index contributed by atoms with van der Waals surface area (Å²) in [6.45, 7) is 3.54. The number of ether oxygens (including phenoxy) is 3. The van der Waals surface area contributed by atoms with Gasteiger partial charge < -0.3 is 29.7 Å². The molecule has 2 aromatic carbocycles. The molecule has 1 amide bonds. The normalized spacial score (nSPS) is 16.2. The fourth-order valence-electron chi connectivity index (χ4n) is 4.94. The number of methoxy groups -OCH3 is 1. The van der Waals surface area contributed by atoms with Crippen molar-refractivity contribution in [3.05, 3.63) is 66.5 Å². The predicted molar refractivity (Wildman–Crippen MR) is 180 cm³/mol. The number of pyridine rings is 1. The summed E-state index contributed by atoms with van der Waals surface area (Å²) in [4.78, 5) is 37.4. The number of alkyl halides is 6. The molecule has 1 fully saturated rings. The van der Waals surface area contributed by atoms with Gasteiger partial charge in [-0.25, -0.2) is 18.0 Å². The Morgan fingerprint density at radius 1 is 0.907 bits per heavy atom. The van der Waals surface area contributed by atoms with Gasteiger partial charge in [0, 0.05) is 45.1 Å². The molecule has 0 bridgehead atoms. The maximum atomic E-state index is 13.3. The number of hydrogen-bond acceptors (Lipinski definition) is 10. The lowest BCUT2D eigenvalue weighted by Gasteiger charge is -2.33. The fraction of sp³-hybridized carbons (Fsp3) is 0.394. The highest BCUT2D eigenvalue weighted by Crippen LogP contribution is 2.34. The quantitative estimate of drug-likeness (QED) is 0.263. The smallest absolute Gasteiger partial charge is 0.490 e. The lowest BCUT2D eigenvalue weighted by Crippen LogP contribution is -2.49. The topological polar surface area (TPSA) is 185 Å². The minimum atomic E-state index is -5.08. The Balaban J connectivity index is 0.000000476. The van der Waals surface area contributed by atoms with E-state index in [0.29, 0.717) is 57.2 Å². The number of carboxylic acids is 2. The summed E-state index contributed by atoms with van der Waals surface area (Å²) in [6, 6.07) is 15.2. The van der Waals surface area contributed by atoms with Gasteiger partial charge >= 0.3 is 24.3 Å². The van der Waals surface area contributed by atoms with Crippen molar-refractivity contribution in [1.29, 1.82) is 0 Å². The molecule has 2 aliphatic heterocycles. The van der Waals surface area contributed by atoms with Gasteiger partial charge in [0.2, 0.25) is 15.9 Å². The molecule has 21 heteroatoms. The average Bonchev–Trinajstić information content (AvgIpc) is 3.11. The molecule has 0 spiro atoms. The van der Waals surface area contributed by atoms with Crippen LogP contribution in [-0.4, -0.2) is 122 Å². The molecule has 1 atom stereocenters. The number of nitrogens with zero attached hydrogens (tertiary/aromatic N) is 3. The molecule has 0 radical (unpaired) electrons. The first-order chi connectivity index (χ1) is 25.2. The van der Waals surface area contributed by atoms with Crippen molar-refractivity contribution in [2.45, 2.75) is 18.8 Å². The van der Waals surface area contributed by atoms with E-state index in [9.17, 15) is 39.6 Å². The van der Waals surface area contributed by atoms with Crippen molar-refractivity contribution in [3.8, 4) is 28.4 Å². The number of nitrogens with one attached hydrogen (secondary N) is 1. The summed E-state index contributed by atoms with van der Waals surface area (Å²) in [5.74, 6) is -3.96. The molecule has 3 heterocycles. The molecule has 0 aliphatic carbocycles. The van der Waals surface area contributed by atoms with Crippen molar-refractivity contribution in [2.24, 2.45) is 5.92 Å². The Morgan fingerprint density at radius 2 is 1.50 bits per heavy atom. The number of rotatable bonds is 9. The van der Waals surface area contributed by atoms with Crippen LogP contribution >= 0.6 is 0 Å². The Morgan fingerprint density at radius 3 is 2.04 bits per heavy atom. The summed E-state index contributed by atoms with van der Waals surface area (Å²) in [7, 11) is -1.56. The number of carbonyl (C=O) groups is 3. The number of hydrogen-bond donors (Lipinski definition) is 3. The van der Waals surface area contributed by atoms with Gasteiger partial charge in [0.1, 0.15) is 30.5 Å². The second kappa shape index (κ2) is 18.7. The van der Waals surface area contributed by atoms with E-state index < -0.39 is 34.3 Å². The van der Waals surface area contributed by atoms with E-state index in [4.69, 9.17) is 34.0 Å². The summed E-state index contributed by atoms with van der Waals surface area (Å²) >= 11 is 0. The Hall–Kier alpha value is -5.15. The van der Waals surface area contributed by atoms with E-state index in [1.54, 1.807) is 19.5 Å². The van der Waals surface area contributed by atoms with Crippen LogP contribution in [0, 0.1) is 5.92 Å². The number of benzene rings is 2. The zero-order valence-electron chi connectivity index (χ0n) is 28.7. The number of carboxylic acid groups (broad SMARTS) is 2. The van der Waals surface area contributed by atoms with Gasteiger partial charge in [0.15, 0.2) is 0 Å². The number of sulfonamides is 1. The molecular formula is C33H36F6N4O10S.